The van der Waals surface area contributed by atoms with E-state index in [4.69, 9.17) is 34.7 Å². The average molecular weight is 730 g/mol. The highest BCUT2D eigenvalue weighted by atomic mass is 35.5. The van der Waals surface area contributed by atoms with Gasteiger partial charge in [-0.05, 0) is 87.5 Å². The zero-order valence-corrected chi connectivity index (χ0v) is 34.4. The van der Waals surface area contributed by atoms with Crippen molar-refractivity contribution in [2.24, 2.45) is 5.92 Å². The predicted octanol–water partition coefficient (Wildman–Crippen LogP) is 9.11. The van der Waals surface area contributed by atoms with E-state index in [0.717, 1.165) is 16.9 Å². The number of alkyl halides is 2. The molecule has 0 aromatic heterocycles. The highest BCUT2D eigenvalue weighted by molar-refractivity contribution is 6.70. The molecule has 0 heterocycles. The largest absolute Gasteiger partial charge is 0.494 e. The average Bonchev–Trinajstić information content (AvgIpc) is 2.91. The van der Waals surface area contributed by atoms with Crippen LogP contribution in [-0.4, -0.2) is 84.1 Å². The van der Waals surface area contributed by atoms with Crippen molar-refractivity contribution in [3.05, 3.63) is 64.2 Å². The topological polar surface area (TPSA) is 46.2 Å². The molecule has 0 spiro atoms. The third-order valence-electron chi connectivity index (χ3n) is 7.57. The van der Waals surface area contributed by atoms with Crippen LogP contribution in [-0.2, 0) is 24.7 Å². The minimum absolute atomic E-state index is 0.0998. The first-order valence-electron chi connectivity index (χ1n) is 16.3. The molecular formula is C34H55ClF2O5Si4. The predicted molar refractivity (Wildman–Crippen MR) is 195 cm³/mol. The summed E-state index contributed by atoms with van der Waals surface area (Å²) in [6.45, 7) is 23.4. The molecule has 0 unspecified atom stereocenters. The van der Waals surface area contributed by atoms with Gasteiger partial charge in [0.05, 0.1) is 61.0 Å². The first-order chi connectivity index (χ1) is 21.3. The van der Waals surface area contributed by atoms with Gasteiger partial charge >= 0.3 is 0 Å². The lowest BCUT2D eigenvalue weighted by atomic mass is 9.69. The Bertz CT molecular complexity index is 1240. The summed E-state index contributed by atoms with van der Waals surface area (Å²) in [6, 6.07) is 13.2. The van der Waals surface area contributed by atoms with Gasteiger partial charge in [-0.1, -0.05) is 62.1 Å². The van der Waals surface area contributed by atoms with Crippen LogP contribution < -0.4 is 4.74 Å². The van der Waals surface area contributed by atoms with Crippen LogP contribution >= 0.6 is 11.6 Å². The van der Waals surface area contributed by atoms with E-state index < -0.39 is 70.3 Å². The SMILES string of the molecule is CCOc1ccc(Cc2cc([C@H]3[C@H](O[Si](C)(C)C)[C@@H](O[Si](C)(C)C)[C@H](OC[Si](C)C)[C@@H](COC[Si](C)C)C3(F)F)ccc2Cl)cc1. The van der Waals surface area contributed by atoms with Crippen LogP contribution in [0.4, 0.5) is 8.78 Å². The van der Waals surface area contributed by atoms with E-state index in [-0.39, 0.29) is 6.61 Å². The van der Waals surface area contributed by atoms with Gasteiger partial charge in [-0.3, -0.25) is 0 Å². The van der Waals surface area contributed by atoms with Gasteiger partial charge < -0.3 is 23.1 Å². The van der Waals surface area contributed by atoms with Gasteiger partial charge in [0.25, 0.3) is 5.92 Å². The number of ether oxygens (including phenoxy) is 3. The van der Waals surface area contributed by atoms with Crippen LogP contribution in [0.2, 0.25) is 70.5 Å². The number of hydrogen-bond acceptors (Lipinski definition) is 5. The first-order valence-corrected chi connectivity index (χ1v) is 28.9. The van der Waals surface area contributed by atoms with Crippen molar-refractivity contribution in [2.45, 2.75) is 109 Å². The summed E-state index contributed by atoms with van der Waals surface area (Å²) in [6.07, 6.45) is -1.00. The highest BCUT2D eigenvalue weighted by Crippen LogP contribution is 2.52. The Morgan fingerprint density at radius 1 is 0.804 bits per heavy atom. The molecule has 3 rings (SSSR count). The molecule has 2 aromatic rings. The van der Waals surface area contributed by atoms with Gasteiger partial charge in [0.1, 0.15) is 5.75 Å². The summed E-state index contributed by atoms with van der Waals surface area (Å²) < 4.78 is 66.6. The first kappa shape index (κ1) is 39.5. The molecule has 0 saturated heterocycles. The molecule has 1 fully saturated rings. The Hall–Kier alpha value is -0.902. The molecule has 0 bridgehead atoms. The summed E-state index contributed by atoms with van der Waals surface area (Å²) in [5.74, 6) is -4.89. The van der Waals surface area contributed by atoms with Gasteiger partial charge in [0, 0.05) is 17.5 Å². The Balaban J connectivity index is 2.18. The molecule has 1 saturated carbocycles. The molecule has 2 aromatic carbocycles. The van der Waals surface area contributed by atoms with E-state index in [1.165, 1.54) is 0 Å². The van der Waals surface area contributed by atoms with Crippen molar-refractivity contribution in [2.75, 3.05) is 25.7 Å². The summed E-state index contributed by atoms with van der Waals surface area (Å²) in [5, 5.41) is 0.538. The van der Waals surface area contributed by atoms with E-state index in [2.05, 4.69) is 45.8 Å². The maximum Gasteiger partial charge on any atom is 0.264 e. The van der Waals surface area contributed by atoms with Crippen molar-refractivity contribution in [3.63, 3.8) is 0 Å². The van der Waals surface area contributed by atoms with Crippen molar-refractivity contribution in [1.82, 2.24) is 0 Å². The molecule has 5 atom stereocenters. The van der Waals surface area contributed by atoms with Crippen LogP contribution in [0, 0.1) is 5.92 Å². The second kappa shape index (κ2) is 16.7. The standard InChI is InChI=1S/C34H55ClF2O5Si4/c1-12-39-27-16-13-24(14-17-27)19-26-20-25(15-18-29(26)35)30-32(41-45(6,7)8)33(42-46(9,10)11)31(40-23-44(4)5)28(34(30,36)37)21-38-22-43(2)3/h13-18,20,28,30-33H,12,19,21-23H2,1-11H3/t28-,30+,31-,32+,33+/m1/s1. The summed E-state index contributed by atoms with van der Waals surface area (Å²) in [7, 11) is -6.22. The van der Waals surface area contributed by atoms with Gasteiger partial charge in [-0.25, -0.2) is 8.78 Å². The van der Waals surface area contributed by atoms with Crippen molar-refractivity contribution < 1.29 is 31.8 Å². The fourth-order valence-electron chi connectivity index (χ4n) is 5.86. The molecule has 5 nitrogen and oxygen atoms in total. The third kappa shape index (κ3) is 11.3. The maximum absolute atomic E-state index is 17.4. The van der Waals surface area contributed by atoms with Crippen LogP contribution in [0.25, 0.3) is 0 Å². The monoisotopic (exact) mass is 728 g/mol. The maximum atomic E-state index is 17.4. The molecule has 46 heavy (non-hydrogen) atoms. The minimum atomic E-state index is -3.21. The summed E-state index contributed by atoms with van der Waals surface area (Å²) in [4.78, 5) is 0. The molecule has 1 aliphatic carbocycles. The zero-order chi connectivity index (χ0) is 34.4. The van der Waals surface area contributed by atoms with Crippen molar-refractivity contribution >= 4 is 45.8 Å². The molecule has 0 amide bonds. The zero-order valence-electron chi connectivity index (χ0n) is 29.6. The Labute approximate surface area is 287 Å². The Kier molecular flexibility index (Phi) is 14.3. The molecule has 2 radical (unpaired) electrons. The minimum Gasteiger partial charge on any atom is -0.494 e. The summed E-state index contributed by atoms with van der Waals surface area (Å²) >= 11 is 6.73. The van der Waals surface area contributed by atoms with Gasteiger partial charge in [0.15, 0.2) is 16.6 Å². The second-order valence-corrected chi connectivity index (χ2v) is 29.7. The summed E-state index contributed by atoms with van der Waals surface area (Å²) in [5.41, 5.74) is 2.30. The van der Waals surface area contributed by atoms with Gasteiger partial charge in [-0.2, -0.15) is 0 Å². The fourth-order valence-corrected chi connectivity index (χ4v) is 9.26. The lowest BCUT2D eigenvalue weighted by molar-refractivity contribution is -0.235. The molecular weight excluding hydrogens is 674 g/mol. The van der Waals surface area contributed by atoms with E-state index in [9.17, 15) is 0 Å². The fraction of sp³-hybridized carbons (Fsp3) is 0.647. The molecule has 12 heteroatoms. The smallest absolute Gasteiger partial charge is 0.264 e. The molecule has 0 aliphatic heterocycles. The van der Waals surface area contributed by atoms with Crippen molar-refractivity contribution in [1.29, 1.82) is 0 Å². The lowest BCUT2D eigenvalue weighted by Gasteiger charge is -2.53. The van der Waals surface area contributed by atoms with Crippen LogP contribution in [0.3, 0.4) is 0 Å². The third-order valence-corrected chi connectivity index (χ3v) is 11.4. The number of rotatable bonds is 16. The molecule has 1 aliphatic rings. The second-order valence-electron chi connectivity index (χ2n) is 15.0. The van der Waals surface area contributed by atoms with E-state index in [0.29, 0.717) is 36.1 Å². The van der Waals surface area contributed by atoms with Gasteiger partial charge in [0.2, 0.25) is 0 Å². The normalized spacial score (nSPS) is 23.7. The Morgan fingerprint density at radius 2 is 1.39 bits per heavy atom. The number of hydrogen-bond donors (Lipinski definition) is 0. The number of halogens is 3. The van der Waals surface area contributed by atoms with Crippen molar-refractivity contribution in [3.8, 4) is 5.75 Å². The van der Waals surface area contributed by atoms with E-state index in [1.54, 1.807) is 12.1 Å². The van der Waals surface area contributed by atoms with Crippen LogP contribution in [0.1, 0.15) is 29.5 Å². The highest BCUT2D eigenvalue weighted by Gasteiger charge is 2.64. The van der Waals surface area contributed by atoms with Crippen LogP contribution in [0.5, 0.6) is 5.75 Å². The molecule has 258 valence electrons. The Morgan fingerprint density at radius 3 is 1.93 bits per heavy atom. The van der Waals surface area contributed by atoms with E-state index in [1.807, 2.05) is 56.9 Å². The molecule has 0 N–H and O–H groups in total. The number of benzene rings is 2. The van der Waals surface area contributed by atoms with Gasteiger partial charge in [-0.15, -0.1) is 0 Å². The van der Waals surface area contributed by atoms with Crippen LogP contribution in [0.15, 0.2) is 42.5 Å². The lowest BCUT2D eigenvalue weighted by Crippen LogP contribution is -2.66. The quantitative estimate of drug-likeness (QED) is 0.162. The van der Waals surface area contributed by atoms with E-state index >= 15 is 8.78 Å².